The smallest absolute Gasteiger partial charge is 0.355 e. The van der Waals surface area contributed by atoms with Gasteiger partial charge in [0, 0.05) is 5.38 Å². The van der Waals surface area contributed by atoms with E-state index >= 15 is 0 Å². The first kappa shape index (κ1) is 15.3. The molecule has 0 fully saturated rings. The van der Waals surface area contributed by atoms with Gasteiger partial charge in [0.25, 0.3) is 0 Å². The van der Waals surface area contributed by atoms with Crippen molar-refractivity contribution < 1.29 is 14.6 Å². The molecule has 0 saturated carbocycles. The van der Waals surface area contributed by atoms with Crippen molar-refractivity contribution in [2.24, 2.45) is 0 Å². The Bertz CT molecular complexity index is 813. The van der Waals surface area contributed by atoms with E-state index in [4.69, 9.17) is 9.84 Å². The number of aromatic carboxylic acids is 1. The van der Waals surface area contributed by atoms with Crippen LogP contribution in [0.2, 0.25) is 0 Å². The average molecular weight is 323 g/mol. The lowest BCUT2D eigenvalue weighted by molar-refractivity contribution is 0.0691. The zero-order valence-electron chi connectivity index (χ0n) is 12.5. The van der Waals surface area contributed by atoms with Crippen LogP contribution in [0.15, 0.2) is 53.9 Å². The molecule has 3 rings (SSSR count). The molecule has 0 aliphatic rings. The van der Waals surface area contributed by atoms with Crippen LogP contribution in [0.1, 0.15) is 15.5 Å². The zero-order valence-corrected chi connectivity index (χ0v) is 13.3. The Morgan fingerprint density at radius 3 is 2.26 bits per heavy atom. The number of nitrogens with zero attached hydrogens (tertiary/aromatic N) is 1. The van der Waals surface area contributed by atoms with Crippen LogP contribution >= 0.6 is 11.3 Å². The van der Waals surface area contributed by atoms with Gasteiger partial charge in [-0.25, -0.2) is 9.78 Å². The summed E-state index contributed by atoms with van der Waals surface area (Å²) in [7, 11) is 2.06. The quantitative estimate of drug-likeness (QED) is 0.732. The summed E-state index contributed by atoms with van der Waals surface area (Å²) >= 11 is 1.28. The van der Waals surface area contributed by atoms with Gasteiger partial charge in [-0.3, -0.25) is 0 Å². The summed E-state index contributed by atoms with van der Waals surface area (Å²) in [5.41, 5.74) is 3.58. The van der Waals surface area contributed by atoms with Crippen LogP contribution in [-0.4, -0.2) is 23.9 Å². The molecule has 0 saturated heterocycles. The number of hydrogen-bond donors (Lipinski definition) is 1. The van der Waals surface area contributed by atoms with Crippen molar-refractivity contribution >= 4 is 30.6 Å². The molecule has 1 N–H and O–H groups in total. The predicted octanol–water partition coefficient (Wildman–Crippen LogP) is 2.35. The molecule has 0 spiro atoms. The molecule has 114 valence electrons. The van der Waals surface area contributed by atoms with Crippen molar-refractivity contribution in [2.45, 2.75) is 6.61 Å². The number of rotatable bonds is 5. The molecule has 1 aromatic heterocycles. The predicted molar refractivity (Wildman–Crippen MR) is 93.5 cm³/mol. The standard InChI is InChI=1S/C17H14BNO3S/c18-13-5-1-11(2-6-13)12-3-7-14(8-4-12)22-9-16-19-15(10-23-16)17(20)21/h1-8,10H,9,18H2,(H,20,21). The number of ether oxygens (including phenoxy) is 1. The fraction of sp³-hybridized carbons (Fsp3) is 0.0588. The highest BCUT2D eigenvalue weighted by atomic mass is 32.1. The van der Waals surface area contributed by atoms with Gasteiger partial charge in [-0.1, -0.05) is 41.9 Å². The van der Waals surface area contributed by atoms with Crippen molar-refractivity contribution in [3.63, 3.8) is 0 Å². The highest BCUT2D eigenvalue weighted by molar-refractivity contribution is 7.09. The number of carboxylic acids is 1. The number of carboxylic acid groups (broad SMARTS) is 1. The lowest BCUT2D eigenvalue weighted by Gasteiger charge is -2.06. The van der Waals surface area contributed by atoms with E-state index in [2.05, 4.69) is 37.1 Å². The molecular weight excluding hydrogens is 309 g/mol. The number of hydrogen-bond acceptors (Lipinski definition) is 4. The Morgan fingerprint density at radius 2 is 1.70 bits per heavy atom. The summed E-state index contributed by atoms with van der Waals surface area (Å²) in [6.45, 7) is 0.266. The normalized spacial score (nSPS) is 10.4. The molecule has 23 heavy (non-hydrogen) atoms. The lowest BCUT2D eigenvalue weighted by atomic mass is 9.94. The van der Waals surface area contributed by atoms with Crippen LogP contribution < -0.4 is 10.2 Å². The molecule has 2 aromatic carbocycles. The average Bonchev–Trinajstić information content (AvgIpc) is 3.04. The minimum Gasteiger partial charge on any atom is -0.486 e. The number of benzene rings is 2. The molecule has 3 aromatic rings. The minimum absolute atomic E-state index is 0.0586. The summed E-state index contributed by atoms with van der Waals surface area (Å²) < 4.78 is 5.65. The maximum absolute atomic E-state index is 10.8. The molecule has 0 atom stereocenters. The van der Waals surface area contributed by atoms with Gasteiger partial charge >= 0.3 is 5.97 Å². The first-order valence-electron chi connectivity index (χ1n) is 7.09. The van der Waals surface area contributed by atoms with E-state index in [1.54, 1.807) is 0 Å². The summed E-state index contributed by atoms with van der Waals surface area (Å²) in [4.78, 5) is 14.8. The van der Waals surface area contributed by atoms with Gasteiger partial charge in [0.05, 0.1) is 0 Å². The SMILES string of the molecule is Bc1ccc(-c2ccc(OCc3nc(C(=O)O)cs3)cc2)cc1. The number of aromatic nitrogens is 1. The van der Waals surface area contributed by atoms with Crippen molar-refractivity contribution in [3.05, 3.63) is 64.6 Å². The third kappa shape index (κ3) is 3.79. The van der Waals surface area contributed by atoms with E-state index < -0.39 is 5.97 Å². The molecule has 0 unspecified atom stereocenters. The Labute approximate surface area is 138 Å². The van der Waals surface area contributed by atoms with Gasteiger partial charge in [0.2, 0.25) is 0 Å². The molecular formula is C17H14BNO3S. The summed E-state index contributed by atoms with van der Waals surface area (Å²) in [6.07, 6.45) is 0. The second kappa shape index (κ2) is 6.66. The van der Waals surface area contributed by atoms with Crippen molar-refractivity contribution in [1.82, 2.24) is 4.98 Å². The summed E-state index contributed by atoms with van der Waals surface area (Å²) in [5, 5.41) is 11.0. The number of thiazole rings is 1. The summed E-state index contributed by atoms with van der Waals surface area (Å²) in [5.74, 6) is -0.289. The number of carbonyl (C=O) groups is 1. The first-order valence-corrected chi connectivity index (χ1v) is 7.97. The van der Waals surface area contributed by atoms with Crippen molar-refractivity contribution in [3.8, 4) is 16.9 Å². The first-order chi connectivity index (χ1) is 11.1. The van der Waals surface area contributed by atoms with Crippen LogP contribution in [0.5, 0.6) is 5.75 Å². The minimum atomic E-state index is -1.02. The van der Waals surface area contributed by atoms with E-state index in [0.717, 1.165) is 16.9 Å². The third-order valence-corrected chi connectivity index (χ3v) is 4.19. The van der Waals surface area contributed by atoms with Gasteiger partial charge in [0.15, 0.2) is 5.69 Å². The van der Waals surface area contributed by atoms with Gasteiger partial charge in [0.1, 0.15) is 25.2 Å². The van der Waals surface area contributed by atoms with Crippen LogP contribution in [0.4, 0.5) is 0 Å². The van der Waals surface area contributed by atoms with Gasteiger partial charge < -0.3 is 9.84 Å². The second-order valence-corrected chi connectivity index (χ2v) is 6.05. The molecule has 0 bridgehead atoms. The van der Waals surface area contributed by atoms with Gasteiger partial charge in [-0.05, 0) is 23.3 Å². The van der Waals surface area contributed by atoms with Crippen LogP contribution in [0.3, 0.4) is 0 Å². The fourth-order valence-electron chi connectivity index (χ4n) is 2.11. The van der Waals surface area contributed by atoms with E-state index in [0.29, 0.717) is 5.01 Å². The Hall–Kier alpha value is -2.60. The zero-order chi connectivity index (χ0) is 16.2. The second-order valence-electron chi connectivity index (χ2n) is 5.11. The fourth-order valence-corrected chi connectivity index (χ4v) is 2.79. The van der Waals surface area contributed by atoms with Gasteiger partial charge in [-0.15, -0.1) is 11.3 Å². The van der Waals surface area contributed by atoms with Crippen molar-refractivity contribution in [1.29, 1.82) is 0 Å². The van der Waals surface area contributed by atoms with Crippen molar-refractivity contribution in [2.75, 3.05) is 0 Å². The molecule has 4 nitrogen and oxygen atoms in total. The molecule has 6 heteroatoms. The monoisotopic (exact) mass is 323 g/mol. The molecule has 0 aliphatic heterocycles. The van der Waals surface area contributed by atoms with E-state index in [-0.39, 0.29) is 12.3 Å². The molecule has 1 heterocycles. The van der Waals surface area contributed by atoms with E-state index in [1.165, 1.54) is 22.2 Å². The van der Waals surface area contributed by atoms with E-state index in [9.17, 15) is 4.79 Å². The van der Waals surface area contributed by atoms with E-state index in [1.807, 2.05) is 24.3 Å². The lowest BCUT2D eigenvalue weighted by Crippen LogP contribution is -1.99. The van der Waals surface area contributed by atoms with Crippen LogP contribution in [0.25, 0.3) is 11.1 Å². The maximum atomic E-state index is 10.8. The Morgan fingerprint density at radius 1 is 1.09 bits per heavy atom. The van der Waals surface area contributed by atoms with Crippen LogP contribution in [0, 0.1) is 0 Å². The summed E-state index contributed by atoms with van der Waals surface area (Å²) in [6, 6.07) is 16.2. The van der Waals surface area contributed by atoms with Crippen LogP contribution in [-0.2, 0) is 6.61 Å². The highest BCUT2D eigenvalue weighted by Crippen LogP contribution is 2.22. The molecule has 0 radical (unpaired) electrons. The highest BCUT2D eigenvalue weighted by Gasteiger charge is 2.09. The third-order valence-electron chi connectivity index (χ3n) is 3.37. The molecule has 0 amide bonds. The Balaban J connectivity index is 1.65. The molecule has 0 aliphatic carbocycles. The van der Waals surface area contributed by atoms with Gasteiger partial charge in [-0.2, -0.15) is 0 Å². The Kier molecular flexibility index (Phi) is 4.44. The largest absolute Gasteiger partial charge is 0.486 e. The topological polar surface area (TPSA) is 59.4 Å². The maximum Gasteiger partial charge on any atom is 0.355 e.